The van der Waals surface area contributed by atoms with Crippen molar-refractivity contribution < 1.29 is 14.3 Å². The first kappa shape index (κ1) is 13.4. The van der Waals surface area contributed by atoms with Crippen molar-refractivity contribution >= 4 is 5.91 Å². The number of nitrogens with one attached hydrogen (secondary N) is 1. The highest BCUT2D eigenvalue weighted by Gasteiger charge is 2.33. The normalized spacial score (nSPS) is 15.5. The first-order valence-electron chi connectivity index (χ1n) is 4.60. The maximum atomic E-state index is 11.2. The summed E-state index contributed by atoms with van der Waals surface area (Å²) in [6, 6.07) is 0. The number of methoxy groups -OCH3 is 2. The summed E-state index contributed by atoms with van der Waals surface area (Å²) in [6.07, 6.45) is -0.0325. The Balaban J connectivity index is 4.42. The van der Waals surface area contributed by atoms with E-state index in [0.717, 1.165) is 0 Å². The van der Waals surface area contributed by atoms with Crippen molar-refractivity contribution in [1.29, 1.82) is 0 Å². The van der Waals surface area contributed by atoms with Crippen molar-refractivity contribution in [1.82, 2.24) is 5.32 Å². The molecule has 1 atom stereocenters. The van der Waals surface area contributed by atoms with Crippen LogP contribution in [0.15, 0.2) is 0 Å². The van der Waals surface area contributed by atoms with Gasteiger partial charge in [-0.3, -0.25) is 4.79 Å². The Labute approximate surface area is 84.9 Å². The van der Waals surface area contributed by atoms with Gasteiger partial charge in [0.2, 0.25) is 5.91 Å². The van der Waals surface area contributed by atoms with E-state index < -0.39 is 17.7 Å². The van der Waals surface area contributed by atoms with Crippen LogP contribution in [0.3, 0.4) is 0 Å². The molecule has 1 unspecified atom stereocenters. The van der Waals surface area contributed by atoms with E-state index >= 15 is 0 Å². The zero-order chi connectivity index (χ0) is 11.2. The van der Waals surface area contributed by atoms with E-state index in [4.69, 9.17) is 15.2 Å². The number of ether oxygens (including phenoxy) is 2. The van der Waals surface area contributed by atoms with Gasteiger partial charge in [0.05, 0.1) is 5.54 Å². The maximum absolute atomic E-state index is 11.2. The molecule has 84 valence electrons. The van der Waals surface area contributed by atoms with E-state index in [1.807, 2.05) is 6.92 Å². The molecule has 5 heteroatoms. The van der Waals surface area contributed by atoms with Gasteiger partial charge in [-0.25, -0.2) is 0 Å². The van der Waals surface area contributed by atoms with Crippen LogP contribution >= 0.6 is 0 Å². The van der Waals surface area contributed by atoms with E-state index in [0.29, 0.717) is 13.0 Å². The highest BCUT2D eigenvalue weighted by Crippen LogP contribution is 2.14. The summed E-state index contributed by atoms with van der Waals surface area (Å²) < 4.78 is 10.0. The highest BCUT2D eigenvalue weighted by molar-refractivity contribution is 5.84. The zero-order valence-electron chi connectivity index (χ0n) is 9.29. The number of carbonyl (C=O) groups excluding carboxylic acids is 1. The van der Waals surface area contributed by atoms with Crippen LogP contribution in [0.25, 0.3) is 0 Å². The molecule has 0 saturated heterocycles. The third kappa shape index (κ3) is 3.61. The van der Waals surface area contributed by atoms with Crippen LogP contribution < -0.4 is 11.1 Å². The van der Waals surface area contributed by atoms with Crippen LogP contribution in [-0.4, -0.2) is 38.5 Å². The highest BCUT2D eigenvalue weighted by atomic mass is 16.7. The lowest BCUT2D eigenvalue weighted by atomic mass is 9.96. The van der Waals surface area contributed by atoms with Gasteiger partial charge < -0.3 is 20.5 Å². The second kappa shape index (κ2) is 5.95. The molecule has 0 aliphatic heterocycles. The third-order valence-corrected chi connectivity index (χ3v) is 2.21. The van der Waals surface area contributed by atoms with Gasteiger partial charge in [0.15, 0.2) is 6.29 Å². The number of carbonyl (C=O) groups is 1. The summed E-state index contributed by atoms with van der Waals surface area (Å²) in [5.74, 6) is -0.404. The standard InChI is InChI=1S/C9H20N2O3/c1-5-11-9(2,8(10)12)6-7(13-3)14-4/h7,11H,5-6H2,1-4H3,(H2,10,12). The van der Waals surface area contributed by atoms with Crippen molar-refractivity contribution in [3.05, 3.63) is 0 Å². The number of hydrogen-bond acceptors (Lipinski definition) is 4. The molecule has 14 heavy (non-hydrogen) atoms. The monoisotopic (exact) mass is 204 g/mol. The summed E-state index contributed by atoms with van der Waals surface area (Å²) in [5, 5.41) is 3.02. The molecular formula is C9H20N2O3. The molecule has 0 rings (SSSR count). The molecule has 0 aliphatic rings. The Morgan fingerprint density at radius 1 is 1.50 bits per heavy atom. The predicted octanol–water partition coefficient (Wildman–Crippen LogP) is -0.151. The summed E-state index contributed by atoms with van der Waals surface area (Å²) in [6.45, 7) is 4.32. The molecule has 0 aromatic rings. The molecule has 3 N–H and O–H groups in total. The zero-order valence-corrected chi connectivity index (χ0v) is 9.29. The Hall–Kier alpha value is -0.650. The SMILES string of the molecule is CCNC(C)(CC(OC)OC)C(N)=O. The van der Waals surface area contributed by atoms with Crippen molar-refractivity contribution in [2.45, 2.75) is 32.1 Å². The third-order valence-electron chi connectivity index (χ3n) is 2.21. The Kier molecular flexibility index (Phi) is 5.68. The molecule has 0 saturated carbocycles. The van der Waals surface area contributed by atoms with Crippen LogP contribution in [0.1, 0.15) is 20.3 Å². The van der Waals surface area contributed by atoms with Crippen molar-refractivity contribution in [3.8, 4) is 0 Å². The molecule has 0 radical (unpaired) electrons. The van der Waals surface area contributed by atoms with Gasteiger partial charge in [-0.05, 0) is 13.5 Å². The van der Waals surface area contributed by atoms with Crippen molar-refractivity contribution in [2.75, 3.05) is 20.8 Å². The molecule has 0 bridgehead atoms. The minimum Gasteiger partial charge on any atom is -0.368 e. The summed E-state index contributed by atoms with van der Waals surface area (Å²) in [4.78, 5) is 11.2. The van der Waals surface area contributed by atoms with E-state index in [1.165, 1.54) is 14.2 Å². The number of amides is 1. The molecule has 0 spiro atoms. The molecule has 0 aliphatic carbocycles. The van der Waals surface area contributed by atoms with Gasteiger partial charge >= 0.3 is 0 Å². The second-order valence-electron chi connectivity index (χ2n) is 3.33. The number of primary amides is 1. The number of hydrogen-bond donors (Lipinski definition) is 2. The van der Waals surface area contributed by atoms with Crippen LogP contribution in [-0.2, 0) is 14.3 Å². The fraction of sp³-hybridized carbons (Fsp3) is 0.889. The predicted molar refractivity (Wildman–Crippen MR) is 53.7 cm³/mol. The van der Waals surface area contributed by atoms with Crippen molar-refractivity contribution in [3.63, 3.8) is 0 Å². The van der Waals surface area contributed by atoms with Crippen LogP contribution in [0.5, 0.6) is 0 Å². The van der Waals surface area contributed by atoms with E-state index in [1.54, 1.807) is 6.92 Å². The number of rotatable bonds is 7. The lowest BCUT2D eigenvalue weighted by Gasteiger charge is -2.29. The van der Waals surface area contributed by atoms with E-state index in [2.05, 4.69) is 5.32 Å². The Morgan fingerprint density at radius 3 is 2.29 bits per heavy atom. The van der Waals surface area contributed by atoms with E-state index in [9.17, 15) is 4.79 Å². The van der Waals surface area contributed by atoms with Crippen LogP contribution in [0, 0.1) is 0 Å². The van der Waals surface area contributed by atoms with Gasteiger partial charge in [0, 0.05) is 20.6 Å². The fourth-order valence-corrected chi connectivity index (χ4v) is 1.25. The molecule has 0 fully saturated rings. The second-order valence-corrected chi connectivity index (χ2v) is 3.33. The molecule has 0 heterocycles. The average molecular weight is 204 g/mol. The molecular weight excluding hydrogens is 184 g/mol. The fourth-order valence-electron chi connectivity index (χ4n) is 1.25. The lowest BCUT2D eigenvalue weighted by molar-refractivity contribution is -0.138. The minimum absolute atomic E-state index is 0.392. The lowest BCUT2D eigenvalue weighted by Crippen LogP contribution is -2.55. The quantitative estimate of drug-likeness (QED) is 0.566. The summed E-state index contributed by atoms with van der Waals surface area (Å²) in [5.41, 5.74) is 4.52. The van der Waals surface area contributed by atoms with Gasteiger partial charge in [-0.1, -0.05) is 6.92 Å². The first-order valence-corrected chi connectivity index (χ1v) is 4.60. The molecule has 5 nitrogen and oxygen atoms in total. The van der Waals surface area contributed by atoms with Crippen LogP contribution in [0.2, 0.25) is 0 Å². The topological polar surface area (TPSA) is 73.6 Å². The minimum atomic E-state index is -0.786. The Bertz CT molecular complexity index is 183. The van der Waals surface area contributed by atoms with Gasteiger partial charge in [-0.2, -0.15) is 0 Å². The van der Waals surface area contributed by atoms with Gasteiger partial charge in [0.25, 0.3) is 0 Å². The smallest absolute Gasteiger partial charge is 0.237 e. The van der Waals surface area contributed by atoms with E-state index in [-0.39, 0.29) is 0 Å². The molecule has 1 amide bonds. The maximum Gasteiger partial charge on any atom is 0.237 e. The van der Waals surface area contributed by atoms with Gasteiger partial charge in [0.1, 0.15) is 0 Å². The number of likely N-dealkylation sites (N-methyl/N-ethyl adjacent to an activating group) is 1. The van der Waals surface area contributed by atoms with Crippen molar-refractivity contribution in [2.24, 2.45) is 5.73 Å². The number of nitrogens with two attached hydrogens (primary N) is 1. The largest absolute Gasteiger partial charge is 0.368 e. The Morgan fingerprint density at radius 2 is 2.00 bits per heavy atom. The first-order chi connectivity index (χ1) is 6.50. The molecule has 0 aromatic carbocycles. The average Bonchev–Trinajstić information content (AvgIpc) is 2.14. The summed E-state index contributed by atoms with van der Waals surface area (Å²) >= 11 is 0. The van der Waals surface area contributed by atoms with Gasteiger partial charge in [-0.15, -0.1) is 0 Å². The van der Waals surface area contributed by atoms with Crippen LogP contribution in [0.4, 0.5) is 0 Å². The molecule has 0 aromatic heterocycles. The summed E-state index contributed by atoms with van der Waals surface area (Å²) in [7, 11) is 3.06.